The third-order valence-electron chi connectivity index (χ3n) is 2.62. The highest BCUT2D eigenvalue weighted by atomic mass is 32.1. The highest BCUT2D eigenvalue weighted by molar-refractivity contribution is 7.80. The normalized spacial score (nSPS) is 15.3. The quantitative estimate of drug-likeness (QED) is 0.676. The van der Waals surface area contributed by atoms with Crippen LogP contribution >= 0.6 is 12.2 Å². The van der Waals surface area contributed by atoms with E-state index in [1.54, 1.807) is 16.8 Å². The predicted molar refractivity (Wildman–Crippen MR) is 64.9 cm³/mol. The van der Waals surface area contributed by atoms with E-state index < -0.39 is 0 Å². The topological polar surface area (TPSA) is 66.6 Å². The Morgan fingerprint density at radius 3 is 2.81 bits per heavy atom. The number of carbonyl (C=O) groups excluding carboxylic acids is 2. The average molecular weight is 243 g/mol. The second kappa shape index (κ2) is 5.79. The lowest BCUT2D eigenvalue weighted by atomic mass is 10.3. The van der Waals surface area contributed by atoms with E-state index in [-0.39, 0.29) is 18.4 Å². The number of likely N-dealkylation sites (N-methyl/N-ethyl adjacent to an activating group) is 1. The molecule has 1 rings (SSSR count). The van der Waals surface area contributed by atoms with Gasteiger partial charge in [0, 0.05) is 33.0 Å². The summed E-state index contributed by atoms with van der Waals surface area (Å²) >= 11 is 4.74. The highest BCUT2D eigenvalue weighted by Gasteiger charge is 2.23. The summed E-state index contributed by atoms with van der Waals surface area (Å²) in [5.41, 5.74) is 5.36. The Balaban J connectivity index is 2.33. The fourth-order valence-corrected chi connectivity index (χ4v) is 1.65. The Hall–Kier alpha value is -1.17. The molecular weight excluding hydrogens is 226 g/mol. The first-order chi connectivity index (χ1) is 7.50. The van der Waals surface area contributed by atoms with Gasteiger partial charge in [0.05, 0.1) is 11.5 Å². The van der Waals surface area contributed by atoms with Crippen molar-refractivity contribution in [2.75, 3.05) is 26.7 Å². The molecule has 0 atom stereocenters. The second-order valence-corrected chi connectivity index (χ2v) is 4.47. The lowest BCUT2D eigenvalue weighted by Crippen LogP contribution is -2.39. The summed E-state index contributed by atoms with van der Waals surface area (Å²) in [6.07, 6.45) is 1.93. The van der Waals surface area contributed by atoms with E-state index in [0.29, 0.717) is 30.9 Å². The first kappa shape index (κ1) is 12.9. The lowest BCUT2D eigenvalue weighted by molar-refractivity contribution is -0.137. The third kappa shape index (κ3) is 3.77. The van der Waals surface area contributed by atoms with Crippen molar-refractivity contribution in [3.8, 4) is 0 Å². The van der Waals surface area contributed by atoms with Gasteiger partial charge in [0.15, 0.2) is 0 Å². The van der Waals surface area contributed by atoms with Gasteiger partial charge in [-0.3, -0.25) is 9.59 Å². The van der Waals surface area contributed by atoms with Gasteiger partial charge in [-0.25, -0.2) is 0 Å². The molecule has 1 heterocycles. The van der Waals surface area contributed by atoms with Crippen molar-refractivity contribution in [3.63, 3.8) is 0 Å². The molecule has 0 bridgehead atoms. The summed E-state index contributed by atoms with van der Waals surface area (Å²) in [5.74, 6) is 0.00240. The largest absolute Gasteiger partial charge is 0.393 e. The van der Waals surface area contributed by atoms with Crippen LogP contribution in [0.4, 0.5) is 0 Å². The lowest BCUT2D eigenvalue weighted by Gasteiger charge is -2.21. The van der Waals surface area contributed by atoms with E-state index in [2.05, 4.69) is 0 Å². The van der Waals surface area contributed by atoms with E-state index >= 15 is 0 Å². The van der Waals surface area contributed by atoms with E-state index in [1.165, 1.54) is 0 Å². The van der Waals surface area contributed by atoms with E-state index in [4.69, 9.17) is 18.0 Å². The van der Waals surface area contributed by atoms with Crippen LogP contribution in [0.25, 0.3) is 0 Å². The van der Waals surface area contributed by atoms with E-state index in [1.807, 2.05) is 0 Å². The summed E-state index contributed by atoms with van der Waals surface area (Å²) < 4.78 is 0. The number of likely N-dealkylation sites (tertiary alicyclic amines) is 1. The number of carbonyl (C=O) groups is 2. The molecule has 16 heavy (non-hydrogen) atoms. The molecule has 5 nitrogen and oxygen atoms in total. The molecule has 0 aliphatic carbocycles. The van der Waals surface area contributed by atoms with Crippen LogP contribution in [0.3, 0.4) is 0 Å². The van der Waals surface area contributed by atoms with Crippen LogP contribution in [-0.4, -0.2) is 53.3 Å². The summed E-state index contributed by atoms with van der Waals surface area (Å²) in [7, 11) is 1.70. The summed E-state index contributed by atoms with van der Waals surface area (Å²) in [6, 6.07) is 0. The molecule has 1 saturated heterocycles. The van der Waals surface area contributed by atoms with Crippen molar-refractivity contribution in [1.82, 2.24) is 9.80 Å². The Morgan fingerprint density at radius 2 is 2.31 bits per heavy atom. The van der Waals surface area contributed by atoms with Crippen LogP contribution in [-0.2, 0) is 9.59 Å². The number of nitrogens with zero attached hydrogens (tertiary/aromatic N) is 2. The Morgan fingerprint density at radius 1 is 1.62 bits per heavy atom. The molecule has 0 unspecified atom stereocenters. The van der Waals surface area contributed by atoms with Crippen molar-refractivity contribution in [2.24, 2.45) is 5.73 Å². The number of hydrogen-bond donors (Lipinski definition) is 1. The minimum atomic E-state index is -0.0634. The van der Waals surface area contributed by atoms with Gasteiger partial charge in [0.25, 0.3) is 0 Å². The van der Waals surface area contributed by atoms with Gasteiger partial charge in [0.2, 0.25) is 11.8 Å². The summed E-state index contributed by atoms with van der Waals surface area (Å²) in [5, 5.41) is 0. The molecule has 1 aliphatic heterocycles. The molecule has 1 aliphatic rings. The number of rotatable bonds is 5. The van der Waals surface area contributed by atoms with Crippen molar-refractivity contribution in [3.05, 3.63) is 0 Å². The monoisotopic (exact) mass is 243 g/mol. The number of hydrogen-bond acceptors (Lipinski definition) is 3. The standard InChI is InChI=1S/C10H17N3O2S/c1-12(6-4-8(11)16)10(15)7-13-5-2-3-9(13)14/h2-7H2,1H3,(H2,11,16). The molecule has 0 radical (unpaired) electrons. The van der Waals surface area contributed by atoms with Crippen molar-refractivity contribution >= 4 is 29.0 Å². The molecule has 2 N–H and O–H groups in total. The zero-order chi connectivity index (χ0) is 12.1. The molecule has 0 aromatic carbocycles. The van der Waals surface area contributed by atoms with Gasteiger partial charge < -0.3 is 15.5 Å². The van der Waals surface area contributed by atoms with Crippen LogP contribution < -0.4 is 5.73 Å². The minimum Gasteiger partial charge on any atom is -0.393 e. The fourth-order valence-electron chi connectivity index (χ4n) is 1.56. The molecular formula is C10H17N3O2S. The zero-order valence-corrected chi connectivity index (χ0v) is 10.3. The maximum atomic E-state index is 11.7. The number of amides is 2. The van der Waals surface area contributed by atoms with E-state index in [9.17, 15) is 9.59 Å². The maximum Gasteiger partial charge on any atom is 0.241 e. The van der Waals surface area contributed by atoms with Gasteiger partial charge in [-0.1, -0.05) is 12.2 Å². The van der Waals surface area contributed by atoms with Gasteiger partial charge in [0.1, 0.15) is 0 Å². The summed E-state index contributed by atoms with van der Waals surface area (Å²) in [4.78, 5) is 26.6. The average Bonchev–Trinajstić information content (AvgIpc) is 2.60. The number of nitrogens with two attached hydrogens (primary N) is 1. The molecule has 0 aromatic rings. The molecule has 1 fully saturated rings. The molecule has 0 saturated carbocycles. The molecule has 0 aromatic heterocycles. The van der Waals surface area contributed by atoms with Crippen LogP contribution in [0.2, 0.25) is 0 Å². The minimum absolute atomic E-state index is 0.0634. The first-order valence-electron chi connectivity index (χ1n) is 5.30. The van der Waals surface area contributed by atoms with Crippen LogP contribution in [0.15, 0.2) is 0 Å². The highest BCUT2D eigenvalue weighted by Crippen LogP contribution is 2.09. The predicted octanol–water partition coefficient (Wildman–Crippen LogP) is -0.257. The SMILES string of the molecule is CN(CCC(N)=S)C(=O)CN1CCCC1=O. The molecule has 6 heteroatoms. The van der Waals surface area contributed by atoms with Crippen molar-refractivity contribution < 1.29 is 9.59 Å². The van der Waals surface area contributed by atoms with Gasteiger partial charge in [-0.05, 0) is 6.42 Å². The Labute approximate surface area is 101 Å². The van der Waals surface area contributed by atoms with Crippen LogP contribution in [0, 0.1) is 0 Å². The third-order valence-corrected chi connectivity index (χ3v) is 2.82. The Bertz CT molecular complexity index is 306. The molecule has 0 spiro atoms. The molecule has 90 valence electrons. The second-order valence-electron chi connectivity index (χ2n) is 3.95. The van der Waals surface area contributed by atoms with Crippen molar-refractivity contribution in [2.45, 2.75) is 19.3 Å². The van der Waals surface area contributed by atoms with Gasteiger partial charge >= 0.3 is 0 Å². The fraction of sp³-hybridized carbons (Fsp3) is 0.700. The van der Waals surface area contributed by atoms with Crippen LogP contribution in [0.1, 0.15) is 19.3 Å². The van der Waals surface area contributed by atoms with Crippen molar-refractivity contribution in [1.29, 1.82) is 0 Å². The maximum absolute atomic E-state index is 11.7. The van der Waals surface area contributed by atoms with Crippen LogP contribution in [0.5, 0.6) is 0 Å². The molecule has 2 amide bonds. The first-order valence-corrected chi connectivity index (χ1v) is 5.71. The zero-order valence-electron chi connectivity index (χ0n) is 9.44. The van der Waals surface area contributed by atoms with E-state index in [0.717, 1.165) is 6.42 Å². The van der Waals surface area contributed by atoms with Gasteiger partial charge in [-0.15, -0.1) is 0 Å². The summed E-state index contributed by atoms with van der Waals surface area (Å²) in [6.45, 7) is 1.37. The van der Waals surface area contributed by atoms with Gasteiger partial charge in [-0.2, -0.15) is 0 Å². The smallest absolute Gasteiger partial charge is 0.241 e. The Kier molecular flexibility index (Phi) is 4.67. The number of thiocarbonyl (C=S) groups is 1.